The first-order chi connectivity index (χ1) is 13.9. The van der Waals surface area contributed by atoms with E-state index in [1.165, 1.54) is 18.3 Å². The third-order valence-electron chi connectivity index (χ3n) is 5.86. The molecule has 5 rings (SSSR count). The van der Waals surface area contributed by atoms with Gasteiger partial charge in [-0.25, -0.2) is 4.79 Å². The number of benzene rings is 1. The van der Waals surface area contributed by atoms with Crippen LogP contribution in [0, 0.1) is 23.7 Å². The van der Waals surface area contributed by atoms with Crippen molar-refractivity contribution in [3.8, 4) is 11.3 Å². The molecule has 1 aliphatic heterocycles. The second-order valence-corrected chi connectivity index (χ2v) is 7.84. The second kappa shape index (κ2) is 6.42. The summed E-state index contributed by atoms with van der Waals surface area (Å²) >= 11 is 6.00. The van der Waals surface area contributed by atoms with Gasteiger partial charge in [-0.2, -0.15) is 10.1 Å². The van der Waals surface area contributed by atoms with E-state index < -0.39 is 5.97 Å². The van der Waals surface area contributed by atoms with Crippen LogP contribution in [0.2, 0.25) is 5.02 Å². The summed E-state index contributed by atoms with van der Waals surface area (Å²) < 4.78 is 5.69. The highest BCUT2D eigenvalue weighted by Gasteiger charge is 2.59. The van der Waals surface area contributed by atoms with E-state index in [2.05, 4.69) is 5.10 Å². The van der Waals surface area contributed by atoms with Crippen molar-refractivity contribution >= 4 is 35.6 Å². The Morgan fingerprint density at radius 2 is 1.83 bits per heavy atom. The van der Waals surface area contributed by atoms with Crippen molar-refractivity contribution in [1.82, 2.24) is 5.01 Å². The molecule has 146 valence electrons. The first kappa shape index (κ1) is 17.9. The first-order valence-corrected chi connectivity index (χ1v) is 9.55. The van der Waals surface area contributed by atoms with Gasteiger partial charge in [0.1, 0.15) is 11.5 Å². The van der Waals surface area contributed by atoms with Gasteiger partial charge in [0, 0.05) is 5.56 Å². The molecule has 3 aliphatic rings. The van der Waals surface area contributed by atoms with E-state index in [4.69, 9.17) is 21.1 Å². The van der Waals surface area contributed by atoms with Crippen molar-refractivity contribution in [2.45, 2.75) is 6.42 Å². The number of carbonyl (C=O) groups excluding carboxylic acids is 2. The van der Waals surface area contributed by atoms with Gasteiger partial charge in [0.05, 0.1) is 28.6 Å². The number of nitrogens with zero attached hydrogens (tertiary/aromatic N) is 2. The molecule has 2 amide bonds. The summed E-state index contributed by atoms with van der Waals surface area (Å²) in [5.41, 5.74) is 0.606. The van der Waals surface area contributed by atoms with Gasteiger partial charge < -0.3 is 9.52 Å². The zero-order valence-corrected chi connectivity index (χ0v) is 15.7. The lowest BCUT2D eigenvalue weighted by Gasteiger charge is -2.13. The Kier molecular flexibility index (Phi) is 3.96. The van der Waals surface area contributed by atoms with Gasteiger partial charge in [0.25, 0.3) is 11.8 Å². The Bertz CT molecular complexity index is 1090. The summed E-state index contributed by atoms with van der Waals surface area (Å²) in [6, 6.07) is 7.82. The maximum atomic E-state index is 12.6. The van der Waals surface area contributed by atoms with E-state index in [9.17, 15) is 14.4 Å². The van der Waals surface area contributed by atoms with Gasteiger partial charge in [-0.15, -0.1) is 0 Å². The van der Waals surface area contributed by atoms with Crippen LogP contribution in [0.4, 0.5) is 0 Å². The summed E-state index contributed by atoms with van der Waals surface area (Å²) in [4.78, 5) is 36.3. The minimum Gasteiger partial charge on any atom is -0.478 e. The third kappa shape index (κ3) is 2.73. The van der Waals surface area contributed by atoms with Gasteiger partial charge in [-0.05, 0) is 42.5 Å². The Labute approximate surface area is 170 Å². The maximum absolute atomic E-state index is 12.6. The van der Waals surface area contributed by atoms with Crippen molar-refractivity contribution in [1.29, 1.82) is 0 Å². The number of amides is 2. The average Bonchev–Trinajstić information content (AvgIpc) is 3.45. The summed E-state index contributed by atoms with van der Waals surface area (Å²) in [7, 11) is 0. The number of hydrogen-bond acceptors (Lipinski definition) is 5. The normalized spacial score (nSPS) is 27.4. The summed E-state index contributed by atoms with van der Waals surface area (Å²) in [5, 5.41) is 14.2. The molecule has 2 heterocycles. The molecule has 4 unspecified atom stereocenters. The highest BCUT2D eigenvalue weighted by molar-refractivity contribution is 6.33. The quantitative estimate of drug-likeness (QED) is 0.472. The van der Waals surface area contributed by atoms with Crippen LogP contribution in [0.1, 0.15) is 22.5 Å². The standard InChI is InChI=1S/C21H15ClN2O5/c22-15-8-10(3-5-14(15)21(27)28)16-6-4-13(29-16)9-23-24-19(25)17-11-1-2-12(7-11)18(17)20(24)26/h1-6,8-9,11-12,17-18H,7H2,(H,27,28). The maximum Gasteiger partial charge on any atom is 0.337 e. The molecular formula is C21H15ClN2O5. The second-order valence-electron chi connectivity index (χ2n) is 7.43. The molecule has 2 fully saturated rings. The molecule has 1 saturated carbocycles. The fourth-order valence-electron chi connectivity index (χ4n) is 4.53. The minimum atomic E-state index is -1.11. The van der Waals surface area contributed by atoms with E-state index in [1.54, 1.807) is 18.2 Å². The largest absolute Gasteiger partial charge is 0.478 e. The molecule has 29 heavy (non-hydrogen) atoms. The van der Waals surface area contributed by atoms with Gasteiger partial charge in [-0.1, -0.05) is 29.8 Å². The number of allylic oxidation sites excluding steroid dienone is 2. The molecule has 1 N–H and O–H groups in total. The van der Waals surface area contributed by atoms with Crippen LogP contribution >= 0.6 is 11.6 Å². The number of fused-ring (bicyclic) bond motifs is 5. The Morgan fingerprint density at radius 3 is 2.45 bits per heavy atom. The summed E-state index contributed by atoms with van der Waals surface area (Å²) in [5.74, 6) is -1.12. The lowest BCUT2D eigenvalue weighted by molar-refractivity contribution is -0.140. The van der Waals surface area contributed by atoms with Crippen molar-refractivity contribution in [3.63, 3.8) is 0 Å². The molecular weight excluding hydrogens is 396 g/mol. The molecule has 2 bridgehead atoms. The Balaban J connectivity index is 1.35. The predicted octanol–water partition coefficient (Wildman–Crippen LogP) is 3.44. The van der Waals surface area contributed by atoms with Crippen LogP contribution in [0.5, 0.6) is 0 Å². The molecule has 2 aliphatic carbocycles. The number of halogens is 1. The molecule has 1 saturated heterocycles. The number of aromatic carboxylic acids is 1. The van der Waals surface area contributed by atoms with Crippen molar-refractivity contribution in [3.05, 3.63) is 58.8 Å². The van der Waals surface area contributed by atoms with Gasteiger partial charge in [0.2, 0.25) is 0 Å². The summed E-state index contributed by atoms with van der Waals surface area (Å²) in [6.07, 6.45) is 6.27. The number of carbonyl (C=O) groups is 3. The SMILES string of the molecule is O=C(O)c1ccc(-c2ccc(C=NN3C(=O)C4C5C=CC(C5)C4C3=O)o2)cc1Cl. The molecule has 4 atom stereocenters. The number of imide groups is 1. The van der Waals surface area contributed by atoms with E-state index in [0.717, 1.165) is 11.4 Å². The van der Waals surface area contributed by atoms with Crippen LogP contribution in [-0.4, -0.2) is 34.1 Å². The number of carboxylic acid groups (broad SMARTS) is 1. The minimum absolute atomic E-state index is 0.00354. The fourth-order valence-corrected chi connectivity index (χ4v) is 4.80. The molecule has 1 aromatic heterocycles. The first-order valence-electron chi connectivity index (χ1n) is 9.17. The third-order valence-corrected chi connectivity index (χ3v) is 6.17. The van der Waals surface area contributed by atoms with E-state index in [0.29, 0.717) is 17.1 Å². The van der Waals surface area contributed by atoms with E-state index in [-0.39, 0.29) is 46.1 Å². The Morgan fingerprint density at radius 1 is 1.14 bits per heavy atom. The van der Waals surface area contributed by atoms with Crippen LogP contribution in [0.3, 0.4) is 0 Å². The Hall–Kier alpha value is -3.19. The van der Waals surface area contributed by atoms with Gasteiger partial charge in [0.15, 0.2) is 0 Å². The number of furan rings is 1. The smallest absolute Gasteiger partial charge is 0.337 e. The summed E-state index contributed by atoms with van der Waals surface area (Å²) in [6.45, 7) is 0. The lowest BCUT2D eigenvalue weighted by atomic mass is 9.85. The van der Waals surface area contributed by atoms with Crippen LogP contribution < -0.4 is 0 Å². The highest BCUT2D eigenvalue weighted by atomic mass is 35.5. The predicted molar refractivity (Wildman–Crippen MR) is 103 cm³/mol. The van der Waals surface area contributed by atoms with Gasteiger partial charge >= 0.3 is 5.97 Å². The molecule has 0 radical (unpaired) electrons. The number of carboxylic acids is 1. The highest BCUT2D eigenvalue weighted by Crippen LogP contribution is 2.52. The lowest BCUT2D eigenvalue weighted by Crippen LogP contribution is -2.28. The number of rotatable bonds is 4. The zero-order chi connectivity index (χ0) is 20.3. The van der Waals surface area contributed by atoms with Crippen molar-refractivity contribution in [2.75, 3.05) is 0 Å². The van der Waals surface area contributed by atoms with Crippen LogP contribution in [0.15, 0.2) is 52.0 Å². The van der Waals surface area contributed by atoms with E-state index >= 15 is 0 Å². The van der Waals surface area contributed by atoms with Crippen LogP contribution in [0.25, 0.3) is 11.3 Å². The molecule has 8 heteroatoms. The number of hydrazone groups is 1. The molecule has 0 spiro atoms. The molecule has 1 aromatic carbocycles. The fraction of sp³-hybridized carbons (Fsp3) is 0.238. The molecule has 2 aromatic rings. The van der Waals surface area contributed by atoms with E-state index in [1.807, 2.05) is 12.2 Å². The van der Waals surface area contributed by atoms with Crippen LogP contribution in [-0.2, 0) is 9.59 Å². The van der Waals surface area contributed by atoms with Crippen molar-refractivity contribution < 1.29 is 23.9 Å². The van der Waals surface area contributed by atoms with Gasteiger partial charge in [-0.3, -0.25) is 9.59 Å². The molecule has 7 nitrogen and oxygen atoms in total. The van der Waals surface area contributed by atoms with Crippen molar-refractivity contribution in [2.24, 2.45) is 28.8 Å². The number of hydrogen-bond donors (Lipinski definition) is 1. The zero-order valence-electron chi connectivity index (χ0n) is 15.0. The topological polar surface area (TPSA) is 100 Å². The average molecular weight is 411 g/mol. The monoisotopic (exact) mass is 410 g/mol.